The van der Waals surface area contributed by atoms with E-state index in [0.717, 1.165) is 44.9 Å². The van der Waals surface area contributed by atoms with E-state index in [9.17, 15) is 23.7 Å². The summed E-state index contributed by atoms with van der Waals surface area (Å²) in [5.41, 5.74) is -0.0275. The van der Waals surface area contributed by atoms with E-state index in [1.54, 1.807) is 0 Å². The molecule has 0 aromatic heterocycles. The maximum absolute atomic E-state index is 13.1. The third-order valence-electron chi connectivity index (χ3n) is 6.65. The molecule has 29 heavy (non-hydrogen) atoms. The molecule has 0 unspecified atom stereocenters. The van der Waals surface area contributed by atoms with Crippen molar-refractivity contribution in [1.82, 2.24) is 9.62 Å². The lowest BCUT2D eigenvalue weighted by atomic mass is 9.58. The van der Waals surface area contributed by atoms with E-state index >= 15 is 0 Å². The molecule has 0 atom stereocenters. The molecule has 9 heteroatoms. The van der Waals surface area contributed by atoms with E-state index in [-0.39, 0.29) is 27.8 Å². The smallest absolute Gasteiger partial charge is 0.301 e. The largest absolute Gasteiger partial charge is 0.347 e. The predicted molar refractivity (Wildman–Crippen MR) is 106 cm³/mol. The predicted octanol–water partition coefficient (Wildman–Crippen LogP) is 2.27. The van der Waals surface area contributed by atoms with Gasteiger partial charge in [-0.25, -0.2) is 0 Å². The Balaban J connectivity index is 1.58. The third kappa shape index (κ3) is 3.57. The number of carbonyl (C=O) groups excluding carboxylic acids is 1. The fraction of sp³-hybridized carbons (Fsp3) is 0.550. The summed E-state index contributed by atoms with van der Waals surface area (Å²) in [5.74, 6) is -0.394. The molecule has 3 saturated carbocycles. The van der Waals surface area contributed by atoms with Gasteiger partial charge in [0.2, 0.25) is 0 Å². The highest BCUT2D eigenvalue weighted by Crippen LogP contribution is 2.52. The first-order chi connectivity index (χ1) is 13.8. The Morgan fingerprint density at radius 1 is 1.07 bits per heavy atom. The lowest BCUT2D eigenvalue weighted by Gasteiger charge is -2.50. The van der Waals surface area contributed by atoms with Crippen LogP contribution in [0.15, 0.2) is 18.2 Å². The third-order valence-corrected chi connectivity index (χ3v) is 8.17. The number of hydrogen-bond acceptors (Lipinski definition) is 5. The van der Waals surface area contributed by atoms with Gasteiger partial charge in [-0.1, -0.05) is 0 Å². The zero-order valence-electron chi connectivity index (χ0n) is 16.1. The standard InChI is InChI=1S/C20H23N5O3S/c21-13-15-2-3-17(24-29(27,28)25-10-1-11-25)16(12-15)18(26)23-20-7-4-19(14-22,5-8-20)6-9-20/h2-3,12,24H,1,4-11H2,(H,23,26). The number of carbonyl (C=O) groups is 1. The number of nitriles is 2. The lowest BCUT2D eigenvalue weighted by molar-refractivity contribution is 0.0522. The Hall–Kier alpha value is -2.62. The van der Waals surface area contributed by atoms with E-state index in [4.69, 9.17) is 0 Å². The monoisotopic (exact) mass is 413 g/mol. The minimum absolute atomic E-state index is 0.144. The van der Waals surface area contributed by atoms with Crippen molar-refractivity contribution in [3.05, 3.63) is 29.3 Å². The number of amides is 1. The number of rotatable bonds is 5. The van der Waals surface area contributed by atoms with E-state index in [0.29, 0.717) is 13.1 Å². The van der Waals surface area contributed by atoms with Crippen LogP contribution in [0.5, 0.6) is 0 Å². The molecule has 1 heterocycles. The molecule has 1 aromatic carbocycles. The van der Waals surface area contributed by atoms with Crippen molar-refractivity contribution >= 4 is 21.8 Å². The van der Waals surface area contributed by atoms with Gasteiger partial charge in [0.1, 0.15) is 0 Å². The van der Waals surface area contributed by atoms with Crippen LogP contribution >= 0.6 is 0 Å². The fourth-order valence-corrected chi connectivity index (χ4v) is 5.79. The summed E-state index contributed by atoms with van der Waals surface area (Å²) in [4.78, 5) is 13.1. The van der Waals surface area contributed by atoms with E-state index in [1.807, 2.05) is 6.07 Å². The minimum Gasteiger partial charge on any atom is -0.347 e. The first-order valence-corrected chi connectivity index (χ1v) is 11.3. The number of hydrogen-bond donors (Lipinski definition) is 2. The molecule has 152 valence electrons. The molecule has 1 amide bonds. The van der Waals surface area contributed by atoms with Crippen molar-refractivity contribution in [3.8, 4) is 12.1 Å². The van der Waals surface area contributed by atoms with Gasteiger partial charge in [0.15, 0.2) is 0 Å². The highest BCUT2D eigenvalue weighted by Gasteiger charge is 2.49. The quantitative estimate of drug-likeness (QED) is 0.766. The number of anilines is 1. The molecule has 1 aliphatic heterocycles. The minimum atomic E-state index is -3.73. The van der Waals surface area contributed by atoms with E-state index < -0.39 is 16.1 Å². The molecule has 2 N–H and O–H groups in total. The van der Waals surface area contributed by atoms with Crippen LogP contribution in [0.3, 0.4) is 0 Å². The first kappa shape index (κ1) is 19.7. The summed E-state index contributed by atoms with van der Waals surface area (Å²) in [6.45, 7) is 0.911. The molecular weight excluding hydrogens is 390 g/mol. The highest BCUT2D eigenvalue weighted by molar-refractivity contribution is 7.90. The van der Waals surface area contributed by atoms with Crippen LogP contribution in [0.4, 0.5) is 5.69 Å². The topological polar surface area (TPSA) is 126 Å². The summed E-state index contributed by atoms with van der Waals surface area (Å²) in [7, 11) is -3.73. The normalized spacial score (nSPS) is 28.6. The van der Waals surface area contributed by atoms with Gasteiger partial charge < -0.3 is 5.32 Å². The summed E-state index contributed by atoms with van der Waals surface area (Å²) >= 11 is 0. The van der Waals surface area contributed by atoms with Gasteiger partial charge in [-0.15, -0.1) is 0 Å². The van der Waals surface area contributed by atoms with Crippen molar-refractivity contribution in [1.29, 1.82) is 10.5 Å². The SMILES string of the molecule is N#Cc1ccc(NS(=O)(=O)N2CCC2)c(C(=O)NC23CCC(C#N)(CC2)CC3)c1. The van der Waals surface area contributed by atoms with Gasteiger partial charge in [0.05, 0.1) is 34.4 Å². The van der Waals surface area contributed by atoms with Crippen LogP contribution in [-0.2, 0) is 10.2 Å². The van der Waals surface area contributed by atoms with Crippen LogP contribution in [0.2, 0.25) is 0 Å². The van der Waals surface area contributed by atoms with Crippen molar-refractivity contribution in [2.75, 3.05) is 17.8 Å². The van der Waals surface area contributed by atoms with Crippen LogP contribution in [0, 0.1) is 28.1 Å². The summed E-state index contributed by atoms with van der Waals surface area (Å²) in [6, 6.07) is 8.83. The Morgan fingerprint density at radius 2 is 1.72 bits per heavy atom. The van der Waals surface area contributed by atoms with E-state index in [1.165, 1.54) is 22.5 Å². The molecule has 1 aromatic rings. The van der Waals surface area contributed by atoms with Crippen molar-refractivity contribution in [3.63, 3.8) is 0 Å². The summed E-state index contributed by atoms with van der Waals surface area (Å²) in [5, 5.41) is 21.8. The highest BCUT2D eigenvalue weighted by atomic mass is 32.2. The number of fused-ring (bicyclic) bond motifs is 3. The molecule has 8 nitrogen and oxygen atoms in total. The van der Waals surface area contributed by atoms with E-state index in [2.05, 4.69) is 16.1 Å². The molecule has 2 bridgehead atoms. The average Bonchev–Trinajstić information content (AvgIpc) is 2.67. The van der Waals surface area contributed by atoms with Gasteiger partial charge in [-0.05, 0) is 63.1 Å². The molecule has 0 radical (unpaired) electrons. The van der Waals surface area contributed by atoms with Crippen LogP contribution in [0.25, 0.3) is 0 Å². The van der Waals surface area contributed by atoms with Gasteiger partial charge in [0, 0.05) is 18.6 Å². The molecule has 0 spiro atoms. The number of nitrogens with zero attached hydrogens (tertiary/aromatic N) is 3. The molecular formula is C20H23N5O3S. The van der Waals surface area contributed by atoms with Crippen LogP contribution < -0.4 is 10.0 Å². The molecule has 3 aliphatic carbocycles. The Kier molecular flexibility index (Phi) is 4.76. The maximum Gasteiger partial charge on any atom is 0.301 e. The average molecular weight is 414 g/mol. The molecule has 4 aliphatic rings. The van der Waals surface area contributed by atoms with Gasteiger partial charge in [-0.3, -0.25) is 9.52 Å². The Morgan fingerprint density at radius 3 is 2.24 bits per heavy atom. The number of nitrogens with one attached hydrogen (secondary N) is 2. The lowest BCUT2D eigenvalue weighted by Crippen LogP contribution is -2.56. The second kappa shape index (κ2) is 7.01. The molecule has 5 rings (SSSR count). The molecule has 4 fully saturated rings. The second-order valence-corrected chi connectivity index (χ2v) is 10.0. The Bertz CT molecular complexity index is 1010. The zero-order chi connectivity index (χ0) is 20.7. The Labute approximate surface area is 170 Å². The van der Waals surface area contributed by atoms with Crippen molar-refractivity contribution in [2.24, 2.45) is 5.41 Å². The van der Waals surface area contributed by atoms with Crippen molar-refractivity contribution < 1.29 is 13.2 Å². The van der Waals surface area contributed by atoms with Gasteiger partial charge in [-0.2, -0.15) is 23.2 Å². The second-order valence-electron chi connectivity index (χ2n) is 8.36. The van der Waals surface area contributed by atoms with Crippen LogP contribution in [0.1, 0.15) is 60.9 Å². The summed E-state index contributed by atoms with van der Waals surface area (Å²) in [6.07, 6.45) is 5.30. The zero-order valence-corrected chi connectivity index (χ0v) is 16.9. The molecule has 1 saturated heterocycles. The maximum atomic E-state index is 13.1. The van der Waals surface area contributed by atoms with Gasteiger partial charge in [0.25, 0.3) is 5.91 Å². The number of benzene rings is 1. The first-order valence-electron chi connectivity index (χ1n) is 9.86. The summed E-state index contributed by atoms with van der Waals surface area (Å²) < 4.78 is 28.8. The van der Waals surface area contributed by atoms with Gasteiger partial charge >= 0.3 is 10.2 Å². The fourth-order valence-electron chi connectivity index (χ4n) is 4.47. The van der Waals surface area contributed by atoms with Crippen molar-refractivity contribution in [2.45, 2.75) is 50.5 Å². The van der Waals surface area contributed by atoms with Crippen LogP contribution in [-0.4, -0.2) is 37.3 Å².